The molecule has 4 aromatic rings. The predicted molar refractivity (Wildman–Crippen MR) is 125 cm³/mol. The summed E-state index contributed by atoms with van der Waals surface area (Å²) in [4.78, 5) is 28.8. The Morgan fingerprint density at radius 1 is 0.909 bits per heavy atom. The number of nitrogens with zero attached hydrogens (tertiary/aromatic N) is 1. The molecule has 1 heterocycles. The van der Waals surface area contributed by atoms with Gasteiger partial charge in [-0.1, -0.05) is 72.8 Å². The van der Waals surface area contributed by atoms with Crippen LogP contribution in [-0.2, 0) is 16.0 Å². The highest BCUT2D eigenvalue weighted by atomic mass is 16.5. The van der Waals surface area contributed by atoms with E-state index in [1.807, 2.05) is 66.7 Å². The summed E-state index contributed by atoms with van der Waals surface area (Å²) >= 11 is 0. The van der Waals surface area contributed by atoms with Crippen LogP contribution >= 0.6 is 0 Å². The molecule has 0 unspecified atom stereocenters. The maximum atomic E-state index is 12.6. The van der Waals surface area contributed by atoms with E-state index in [-0.39, 0.29) is 18.9 Å². The number of fused-ring (bicyclic) bond motifs is 4. The van der Waals surface area contributed by atoms with Gasteiger partial charge in [-0.3, -0.25) is 4.98 Å². The highest BCUT2D eigenvalue weighted by Crippen LogP contribution is 2.44. The number of benzene rings is 3. The molecule has 3 aromatic carbocycles. The fraction of sp³-hybridized carbons (Fsp3) is 0.148. The molecule has 1 aliphatic carbocycles. The van der Waals surface area contributed by atoms with Gasteiger partial charge in [0.05, 0.1) is 5.69 Å². The number of carbonyl (C=O) groups is 2. The predicted octanol–water partition coefficient (Wildman–Crippen LogP) is 4.77. The topological polar surface area (TPSA) is 88.5 Å². The highest BCUT2D eigenvalue weighted by molar-refractivity contribution is 5.86. The number of hydrogen-bond donors (Lipinski definition) is 2. The molecule has 6 nitrogen and oxygen atoms in total. The highest BCUT2D eigenvalue weighted by Gasteiger charge is 2.30. The van der Waals surface area contributed by atoms with Gasteiger partial charge in [0.15, 0.2) is 0 Å². The summed E-state index contributed by atoms with van der Waals surface area (Å²) in [5.41, 5.74) is 5.07. The van der Waals surface area contributed by atoms with Crippen molar-refractivity contribution in [1.29, 1.82) is 0 Å². The molecular weight excluding hydrogens is 416 g/mol. The number of pyridine rings is 1. The smallest absolute Gasteiger partial charge is 0.407 e. The van der Waals surface area contributed by atoms with Crippen molar-refractivity contribution < 1.29 is 19.4 Å². The number of amides is 1. The lowest BCUT2D eigenvalue weighted by atomic mass is 9.98. The summed E-state index contributed by atoms with van der Waals surface area (Å²) in [7, 11) is 0. The normalized spacial score (nSPS) is 13.2. The Morgan fingerprint density at radius 3 is 2.24 bits per heavy atom. The van der Waals surface area contributed by atoms with Gasteiger partial charge in [0.25, 0.3) is 0 Å². The maximum absolute atomic E-state index is 12.6. The number of nitrogens with one attached hydrogen (secondary N) is 1. The standard InChI is InChI=1S/C27H22N2O4/c30-26(31)25(15-24-18-8-2-1-7-17(18)13-14-28-24)29-27(32)33-16-23-21-11-5-3-9-19(21)20-10-4-6-12-22(20)23/h1-14,23,25H,15-16H2,(H,29,32)(H,30,31)/t25-/m0/s1. The summed E-state index contributed by atoms with van der Waals surface area (Å²) in [5, 5.41) is 14.0. The van der Waals surface area contributed by atoms with Gasteiger partial charge in [-0.25, -0.2) is 9.59 Å². The lowest BCUT2D eigenvalue weighted by Crippen LogP contribution is -2.43. The minimum absolute atomic E-state index is 0.0564. The third-order valence-corrected chi connectivity index (χ3v) is 6.09. The van der Waals surface area contributed by atoms with Crippen LogP contribution in [-0.4, -0.2) is 34.8 Å². The van der Waals surface area contributed by atoms with Gasteiger partial charge in [0, 0.05) is 23.9 Å². The van der Waals surface area contributed by atoms with Gasteiger partial charge in [0.2, 0.25) is 0 Å². The molecule has 1 aromatic heterocycles. The molecule has 0 radical (unpaired) electrons. The molecule has 0 spiro atoms. The number of ether oxygens (including phenoxy) is 1. The van der Waals surface area contributed by atoms with Crippen LogP contribution in [0.1, 0.15) is 22.7 Å². The van der Waals surface area contributed by atoms with Crippen LogP contribution in [0.15, 0.2) is 85.1 Å². The van der Waals surface area contributed by atoms with Crippen LogP contribution in [0.4, 0.5) is 4.79 Å². The van der Waals surface area contributed by atoms with E-state index < -0.39 is 18.1 Å². The van der Waals surface area contributed by atoms with Gasteiger partial charge in [0.1, 0.15) is 12.6 Å². The zero-order valence-corrected chi connectivity index (χ0v) is 17.8. The van der Waals surface area contributed by atoms with Crippen LogP contribution in [0, 0.1) is 0 Å². The number of carbonyl (C=O) groups excluding carboxylic acids is 1. The molecule has 0 saturated carbocycles. The molecule has 0 aliphatic heterocycles. The maximum Gasteiger partial charge on any atom is 0.407 e. The van der Waals surface area contributed by atoms with Crippen molar-refractivity contribution in [1.82, 2.24) is 10.3 Å². The van der Waals surface area contributed by atoms with Crippen molar-refractivity contribution in [2.75, 3.05) is 6.61 Å². The average Bonchev–Trinajstić information content (AvgIpc) is 3.16. The van der Waals surface area contributed by atoms with E-state index in [9.17, 15) is 14.7 Å². The van der Waals surface area contributed by atoms with Crippen LogP contribution in [0.25, 0.3) is 21.9 Å². The minimum atomic E-state index is -1.15. The second-order valence-corrected chi connectivity index (χ2v) is 8.04. The minimum Gasteiger partial charge on any atom is -0.480 e. The van der Waals surface area contributed by atoms with E-state index in [1.54, 1.807) is 6.20 Å². The summed E-state index contributed by atoms with van der Waals surface area (Å²) < 4.78 is 5.51. The summed E-state index contributed by atoms with van der Waals surface area (Å²) in [6.45, 7) is 0.124. The SMILES string of the molecule is O=C(N[C@@H](Cc1nccc2ccccc12)C(=O)O)OCC1c2ccccc2-c2ccccc21. The van der Waals surface area contributed by atoms with Crippen molar-refractivity contribution >= 4 is 22.8 Å². The summed E-state index contributed by atoms with van der Waals surface area (Å²) in [6.07, 6.45) is 0.939. The van der Waals surface area contributed by atoms with Crippen molar-refractivity contribution in [3.63, 3.8) is 0 Å². The van der Waals surface area contributed by atoms with E-state index >= 15 is 0 Å². The summed E-state index contributed by atoms with van der Waals surface area (Å²) in [5.74, 6) is -1.23. The molecule has 6 heteroatoms. The molecule has 164 valence electrons. The molecule has 2 N–H and O–H groups in total. The number of aliphatic carboxylic acids is 1. The van der Waals surface area contributed by atoms with Gasteiger partial charge >= 0.3 is 12.1 Å². The first kappa shape index (κ1) is 20.7. The fourth-order valence-electron chi connectivity index (χ4n) is 4.52. The van der Waals surface area contributed by atoms with Crippen molar-refractivity contribution in [3.05, 3.63) is 102 Å². The third kappa shape index (κ3) is 4.03. The Hall–Kier alpha value is -4.19. The Morgan fingerprint density at radius 2 is 1.55 bits per heavy atom. The van der Waals surface area contributed by atoms with E-state index in [4.69, 9.17) is 4.74 Å². The van der Waals surface area contributed by atoms with E-state index in [2.05, 4.69) is 22.4 Å². The van der Waals surface area contributed by atoms with Crippen molar-refractivity contribution in [2.45, 2.75) is 18.4 Å². The number of alkyl carbamates (subject to hydrolysis) is 1. The first-order valence-electron chi connectivity index (χ1n) is 10.8. The summed E-state index contributed by atoms with van der Waals surface area (Å²) in [6, 6.07) is 24.4. The molecule has 1 aliphatic rings. The van der Waals surface area contributed by atoms with E-state index in [0.29, 0.717) is 5.69 Å². The van der Waals surface area contributed by atoms with Gasteiger partial charge in [-0.15, -0.1) is 0 Å². The third-order valence-electron chi connectivity index (χ3n) is 6.09. The second kappa shape index (κ2) is 8.74. The van der Waals surface area contributed by atoms with Gasteiger partial charge in [-0.2, -0.15) is 0 Å². The average molecular weight is 438 g/mol. The quantitative estimate of drug-likeness (QED) is 0.453. The van der Waals surface area contributed by atoms with Gasteiger partial charge in [-0.05, 0) is 33.7 Å². The van der Waals surface area contributed by atoms with Gasteiger partial charge < -0.3 is 15.2 Å². The first-order chi connectivity index (χ1) is 16.1. The van der Waals surface area contributed by atoms with Crippen LogP contribution in [0.2, 0.25) is 0 Å². The first-order valence-corrected chi connectivity index (χ1v) is 10.8. The molecule has 0 fully saturated rings. The molecule has 5 rings (SSSR count). The largest absolute Gasteiger partial charge is 0.480 e. The monoisotopic (exact) mass is 438 g/mol. The van der Waals surface area contributed by atoms with E-state index in [1.165, 1.54) is 0 Å². The molecule has 0 bridgehead atoms. The second-order valence-electron chi connectivity index (χ2n) is 8.04. The molecule has 0 saturated heterocycles. The van der Waals surface area contributed by atoms with Crippen LogP contribution in [0.5, 0.6) is 0 Å². The van der Waals surface area contributed by atoms with Crippen LogP contribution < -0.4 is 5.32 Å². The zero-order chi connectivity index (χ0) is 22.8. The van der Waals surface area contributed by atoms with Crippen molar-refractivity contribution in [2.24, 2.45) is 0 Å². The van der Waals surface area contributed by atoms with E-state index in [0.717, 1.165) is 33.0 Å². The number of carboxylic acids is 1. The Kier molecular flexibility index (Phi) is 5.48. The van der Waals surface area contributed by atoms with Crippen LogP contribution in [0.3, 0.4) is 0 Å². The Balaban J connectivity index is 1.29. The number of rotatable bonds is 6. The zero-order valence-electron chi connectivity index (χ0n) is 17.8. The van der Waals surface area contributed by atoms with Crippen molar-refractivity contribution in [3.8, 4) is 11.1 Å². The number of aromatic nitrogens is 1. The fourth-order valence-corrected chi connectivity index (χ4v) is 4.52. The molecule has 1 atom stereocenters. The molecule has 33 heavy (non-hydrogen) atoms. The number of hydrogen-bond acceptors (Lipinski definition) is 4. The molecule has 1 amide bonds. The lowest BCUT2D eigenvalue weighted by Gasteiger charge is -2.18. The Labute approximate surface area is 190 Å². The lowest BCUT2D eigenvalue weighted by molar-refractivity contribution is -0.139. The number of carboxylic acid groups (broad SMARTS) is 1. The molecular formula is C27H22N2O4. The Bertz CT molecular complexity index is 1300.